The van der Waals surface area contributed by atoms with Gasteiger partial charge in [0.05, 0.1) is 25.5 Å². The van der Waals surface area contributed by atoms with Crippen LogP contribution < -0.4 is 20.5 Å². The van der Waals surface area contributed by atoms with Gasteiger partial charge in [0, 0.05) is 16.2 Å². The van der Waals surface area contributed by atoms with Gasteiger partial charge in [-0.1, -0.05) is 0 Å². The predicted octanol–water partition coefficient (Wildman–Crippen LogP) is 3.30. The lowest BCUT2D eigenvalue weighted by molar-refractivity contribution is 0.102. The van der Waals surface area contributed by atoms with Crippen LogP contribution in [0.1, 0.15) is 10.4 Å². The lowest BCUT2D eigenvalue weighted by Crippen LogP contribution is -2.14. The summed E-state index contributed by atoms with van der Waals surface area (Å²) in [6.07, 6.45) is 0. The van der Waals surface area contributed by atoms with E-state index in [1.54, 1.807) is 43.5 Å². The predicted molar refractivity (Wildman–Crippen MR) is 86.1 cm³/mol. The molecule has 3 N–H and O–H groups in total. The van der Waals surface area contributed by atoms with E-state index in [9.17, 15) is 4.79 Å². The summed E-state index contributed by atoms with van der Waals surface area (Å²) < 4.78 is 11.1. The summed E-state index contributed by atoms with van der Waals surface area (Å²) in [5, 5.41) is 2.80. The van der Waals surface area contributed by atoms with E-state index in [1.807, 2.05) is 0 Å². The lowest BCUT2D eigenvalue weighted by atomic mass is 10.1. The first-order valence-electron chi connectivity index (χ1n) is 6.13. The number of ether oxygens (including phenoxy) is 2. The number of carbonyl (C=O) groups is 1. The molecule has 0 heterocycles. The van der Waals surface area contributed by atoms with Gasteiger partial charge in [0.15, 0.2) is 0 Å². The van der Waals surface area contributed by atoms with E-state index >= 15 is 0 Å². The molecule has 0 saturated carbocycles. The molecule has 0 spiro atoms. The molecule has 0 radical (unpaired) electrons. The van der Waals surface area contributed by atoms with Gasteiger partial charge in [0.25, 0.3) is 5.91 Å². The van der Waals surface area contributed by atoms with Crippen molar-refractivity contribution in [1.29, 1.82) is 0 Å². The van der Waals surface area contributed by atoms with E-state index in [-0.39, 0.29) is 5.91 Å². The number of hydrogen-bond acceptors (Lipinski definition) is 4. The van der Waals surface area contributed by atoms with Gasteiger partial charge in [-0.15, -0.1) is 0 Å². The zero-order valence-corrected chi connectivity index (χ0v) is 13.2. The molecular formula is C15H15BrN2O3. The van der Waals surface area contributed by atoms with Gasteiger partial charge >= 0.3 is 0 Å². The lowest BCUT2D eigenvalue weighted by Gasteiger charge is -2.12. The maximum Gasteiger partial charge on any atom is 0.259 e. The van der Waals surface area contributed by atoms with Gasteiger partial charge in [-0.2, -0.15) is 0 Å². The fraction of sp³-hybridized carbons (Fsp3) is 0.133. The average molecular weight is 351 g/mol. The first kappa shape index (κ1) is 15.2. The van der Waals surface area contributed by atoms with E-state index in [2.05, 4.69) is 21.2 Å². The van der Waals surface area contributed by atoms with Crippen LogP contribution in [0.25, 0.3) is 0 Å². The largest absolute Gasteiger partial charge is 0.497 e. The number of halogens is 1. The normalized spacial score (nSPS) is 10.0. The number of methoxy groups -OCH3 is 2. The number of nitrogen functional groups attached to an aromatic ring is 1. The maximum absolute atomic E-state index is 12.4. The number of hydrogen-bond donors (Lipinski definition) is 2. The third-order valence-corrected chi connectivity index (χ3v) is 3.58. The number of carbonyl (C=O) groups excluding carboxylic acids is 1. The molecule has 6 heteroatoms. The first-order chi connectivity index (χ1) is 10.0. The molecule has 0 bridgehead atoms. The smallest absolute Gasteiger partial charge is 0.259 e. The zero-order chi connectivity index (χ0) is 15.4. The van der Waals surface area contributed by atoms with Gasteiger partial charge in [-0.05, 0) is 46.3 Å². The van der Waals surface area contributed by atoms with Crippen molar-refractivity contribution in [3.05, 3.63) is 46.4 Å². The minimum atomic E-state index is -0.312. The van der Waals surface area contributed by atoms with Gasteiger partial charge in [-0.3, -0.25) is 4.79 Å². The van der Waals surface area contributed by atoms with Crippen molar-refractivity contribution < 1.29 is 14.3 Å². The summed E-state index contributed by atoms with van der Waals surface area (Å²) in [4.78, 5) is 12.4. The molecule has 110 valence electrons. The molecule has 2 aromatic rings. The molecule has 1 amide bonds. The van der Waals surface area contributed by atoms with Gasteiger partial charge < -0.3 is 20.5 Å². The van der Waals surface area contributed by atoms with Crippen LogP contribution in [0.4, 0.5) is 11.4 Å². The first-order valence-corrected chi connectivity index (χ1v) is 6.93. The molecule has 21 heavy (non-hydrogen) atoms. The molecule has 0 aliphatic rings. The summed E-state index contributed by atoms with van der Waals surface area (Å²) in [5.41, 5.74) is 7.18. The molecule has 0 saturated heterocycles. The minimum Gasteiger partial charge on any atom is -0.497 e. The van der Waals surface area contributed by atoms with Crippen LogP contribution in [-0.4, -0.2) is 20.1 Å². The van der Waals surface area contributed by atoms with Crippen molar-refractivity contribution in [3.63, 3.8) is 0 Å². The van der Waals surface area contributed by atoms with Crippen molar-refractivity contribution in [2.24, 2.45) is 0 Å². The zero-order valence-electron chi connectivity index (χ0n) is 11.6. The Morgan fingerprint density at radius 1 is 1.14 bits per heavy atom. The highest BCUT2D eigenvalue weighted by molar-refractivity contribution is 9.10. The highest BCUT2D eigenvalue weighted by atomic mass is 79.9. The van der Waals surface area contributed by atoms with E-state index in [1.165, 1.54) is 7.11 Å². The molecule has 0 unspecified atom stereocenters. The van der Waals surface area contributed by atoms with Crippen LogP contribution in [-0.2, 0) is 0 Å². The molecule has 0 aliphatic heterocycles. The van der Waals surface area contributed by atoms with E-state index in [4.69, 9.17) is 15.2 Å². The van der Waals surface area contributed by atoms with Gasteiger partial charge in [0.2, 0.25) is 0 Å². The van der Waals surface area contributed by atoms with Crippen LogP contribution in [0.5, 0.6) is 11.5 Å². The average Bonchev–Trinajstić information content (AvgIpc) is 2.49. The third-order valence-electron chi connectivity index (χ3n) is 2.89. The van der Waals surface area contributed by atoms with Crippen molar-refractivity contribution in [1.82, 2.24) is 0 Å². The fourth-order valence-corrected chi connectivity index (χ4v) is 2.17. The highest BCUT2D eigenvalue weighted by Crippen LogP contribution is 2.29. The summed E-state index contributed by atoms with van der Waals surface area (Å²) in [5.74, 6) is 0.793. The Labute approximate surface area is 131 Å². The van der Waals surface area contributed by atoms with Crippen molar-refractivity contribution >= 4 is 33.2 Å². The van der Waals surface area contributed by atoms with Crippen LogP contribution in [0.3, 0.4) is 0 Å². The molecule has 2 rings (SSSR count). The monoisotopic (exact) mass is 350 g/mol. The Bertz CT molecular complexity index is 674. The van der Waals surface area contributed by atoms with Crippen LogP contribution in [0.15, 0.2) is 40.9 Å². The standard InChI is InChI=1S/C15H15BrN2O3/c1-20-10-4-5-12(16)13(8-10)18-15(19)11-7-9(17)3-6-14(11)21-2/h3-8H,17H2,1-2H3,(H,18,19). The van der Waals surface area contributed by atoms with Crippen LogP contribution in [0, 0.1) is 0 Å². The van der Waals surface area contributed by atoms with Crippen molar-refractivity contribution in [2.75, 3.05) is 25.3 Å². The van der Waals surface area contributed by atoms with E-state index in [0.717, 1.165) is 4.47 Å². The number of benzene rings is 2. The Balaban J connectivity index is 2.32. The van der Waals surface area contributed by atoms with Gasteiger partial charge in [-0.25, -0.2) is 0 Å². The molecule has 0 aromatic heterocycles. The molecule has 0 aliphatic carbocycles. The second-order valence-corrected chi connectivity index (χ2v) is 5.11. The summed E-state index contributed by atoms with van der Waals surface area (Å²) >= 11 is 3.38. The summed E-state index contributed by atoms with van der Waals surface area (Å²) in [6, 6.07) is 10.2. The Morgan fingerprint density at radius 3 is 2.57 bits per heavy atom. The Hall–Kier alpha value is -2.21. The summed E-state index contributed by atoms with van der Waals surface area (Å²) in [7, 11) is 3.07. The van der Waals surface area contributed by atoms with Crippen LogP contribution in [0.2, 0.25) is 0 Å². The number of nitrogens with two attached hydrogens (primary N) is 1. The van der Waals surface area contributed by atoms with Crippen molar-refractivity contribution in [3.8, 4) is 11.5 Å². The number of amides is 1. The maximum atomic E-state index is 12.4. The second kappa shape index (κ2) is 6.49. The highest BCUT2D eigenvalue weighted by Gasteiger charge is 2.14. The number of nitrogens with one attached hydrogen (secondary N) is 1. The van der Waals surface area contributed by atoms with Gasteiger partial charge in [0.1, 0.15) is 11.5 Å². The number of rotatable bonds is 4. The second-order valence-electron chi connectivity index (χ2n) is 4.26. The topological polar surface area (TPSA) is 73.6 Å². The van der Waals surface area contributed by atoms with E-state index in [0.29, 0.717) is 28.4 Å². The molecule has 2 aromatic carbocycles. The fourth-order valence-electron chi connectivity index (χ4n) is 1.82. The SMILES string of the molecule is COc1ccc(Br)c(NC(=O)c2cc(N)ccc2OC)c1. The molecular weight excluding hydrogens is 336 g/mol. The molecule has 0 atom stereocenters. The third kappa shape index (κ3) is 3.46. The number of anilines is 2. The summed E-state index contributed by atoms with van der Waals surface area (Å²) in [6.45, 7) is 0. The Kier molecular flexibility index (Phi) is 4.70. The molecule has 0 fully saturated rings. The quantitative estimate of drug-likeness (QED) is 0.829. The molecule has 5 nitrogen and oxygen atoms in total. The van der Waals surface area contributed by atoms with Crippen molar-refractivity contribution in [2.45, 2.75) is 0 Å². The van der Waals surface area contributed by atoms with E-state index < -0.39 is 0 Å². The Morgan fingerprint density at radius 2 is 1.90 bits per heavy atom. The minimum absolute atomic E-state index is 0.312. The van der Waals surface area contributed by atoms with Crippen LogP contribution >= 0.6 is 15.9 Å².